The molecule has 1 aromatic rings. The van der Waals surface area contributed by atoms with Crippen LogP contribution >= 0.6 is 11.3 Å². The molecule has 1 aliphatic heterocycles. The van der Waals surface area contributed by atoms with Crippen molar-refractivity contribution in [3.63, 3.8) is 0 Å². The van der Waals surface area contributed by atoms with Crippen LogP contribution in [0.25, 0.3) is 0 Å². The number of carbonyl (C=O) groups excluding carboxylic acids is 1. The van der Waals surface area contributed by atoms with Gasteiger partial charge in [-0.2, -0.15) is 0 Å². The van der Waals surface area contributed by atoms with Crippen molar-refractivity contribution < 1.29 is 14.3 Å². The predicted octanol–water partition coefficient (Wildman–Crippen LogP) is 1.75. The van der Waals surface area contributed by atoms with Crippen LogP contribution in [-0.4, -0.2) is 76.9 Å². The molecule has 1 saturated heterocycles. The van der Waals surface area contributed by atoms with Crippen LogP contribution in [0.3, 0.4) is 0 Å². The molecule has 0 aliphatic carbocycles. The Kier molecular flexibility index (Phi) is 10.9. The number of nitrogens with zero attached hydrogens (tertiary/aromatic N) is 2. The van der Waals surface area contributed by atoms with E-state index in [9.17, 15) is 4.79 Å². The molecule has 0 radical (unpaired) electrons. The number of amides is 1. The van der Waals surface area contributed by atoms with E-state index < -0.39 is 0 Å². The Labute approximate surface area is 172 Å². The number of thiophene rings is 1. The number of hydrogen-bond acceptors (Lipinski definition) is 5. The van der Waals surface area contributed by atoms with Crippen LogP contribution in [-0.2, 0) is 20.7 Å². The maximum atomic E-state index is 11.8. The largest absolute Gasteiger partial charge is 0.381 e. The van der Waals surface area contributed by atoms with E-state index >= 15 is 0 Å². The van der Waals surface area contributed by atoms with Gasteiger partial charge in [0, 0.05) is 58.5 Å². The number of rotatable bonds is 11. The van der Waals surface area contributed by atoms with Gasteiger partial charge in [-0.15, -0.1) is 11.3 Å². The average molecular weight is 411 g/mol. The maximum Gasteiger partial charge on any atom is 0.243 e. The lowest BCUT2D eigenvalue weighted by Crippen LogP contribution is -2.40. The third-order valence-corrected chi connectivity index (χ3v) is 5.50. The van der Waals surface area contributed by atoms with Gasteiger partial charge in [0.05, 0.1) is 0 Å². The molecule has 2 heterocycles. The number of nitrogens with one attached hydrogen (secondary N) is 2. The summed E-state index contributed by atoms with van der Waals surface area (Å²) in [7, 11) is 3.48. The summed E-state index contributed by atoms with van der Waals surface area (Å²) in [6, 6.07) is 4.19. The minimum absolute atomic E-state index is 0.0147. The molecule has 28 heavy (non-hydrogen) atoms. The molecule has 0 atom stereocenters. The summed E-state index contributed by atoms with van der Waals surface area (Å²) in [5, 5.41) is 8.70. The molecule has 0 saturated carbocycles. The Bertz CT molecular complexity index is 572. The van der Waals surface area contributed by atoms with Crippen molar-refractivity contribution >= 4 is 23.2 Å². The Morgan fingerprint density at radius 1 is 1.32 bits per heavy atom. The fraction of sp³-hybridized carbons (Fsp3) is 0.700. The van der Waals surface area contributed by atoms with Crippen LogP contribution in [0.4, 0.5) is 0 Å². The Hall–Kier alpha value is -1.64. The monoisotopic (exact) mass is 410 g/mol. The summed E-state index contributed by atoms with van der Waals surface area (Å²) in [5.74, 6) is 1.30. The molecule has 0 bridgehead atoms. The fourth-order valence-corrected chi connectivity index (χ4v) is 3.47. The van der Waals surface area contributed by atoms with Crippen LogP contribution in [0.2, 0.25) is 0 Å². The standard InChI is InChI=1S/C20H34N4O3S/c1-24(2)19(25)15-23-20(22-10-6-18-5-3-14-28-18)21-9-4-11-27-16-17-7-12-26-13-8-17/h3,5,14,17H,4,6-13,15-16H2,1-2H3,(H2,21,22,23). The van der Waals surface area contributed by atoms with E-state index in [-0.39, 0.29) is 12.5 Å². The van der Waals surface area contributed by atoms with Gasteiger partial charge in [-0.25, -0.2) is 4.99 Å². The van der Waals surface area contributed by atoms with E-state index in [4.69, 9.17) is 9.47 Å². The molecule has 1 amide bonds. The van der Waals surface area contributed by atoms with Crippen LogP contribution < -0.4 is 10.6 Å². The van der Waals surface area contributed by atoms with Gasteiger partial charge >= 0.3 is 0 Å². The lowest BCUT2D eigenvalue weighted by Gasteiger charge is -2.21. The van der Waals surface area contributed by atoms with Gasteiger partial charge in [0.25, 0.3) is 0 Å². The van der Waals surface area contributed by atoms with Crippen LogP contribution in [0.15, 0.2) is 22.5 Å². The molecular weight excluding hydrogens is 376 g/mol. The summed E-state index contributed by atoms with van der Waals surface area (Å²) >= 11 is 1.75. The highest BCUT2D eigenvalue weighted by atomic mass is 32.1. The normalized spacial score (nSPS) is 15.4. The molecule has 1 aliphatic rings. The summed E-state index contributed by atoms with van der Waals surface area (Å²) in [4.78, 5) is 19.1. The Balaban J connectivity index is 1.65. The molecular formula is C20H34N4O3S. The number of likely N-dealkylation sites (N-methyl/N-ethyl adjacent to an activating group) is 1. The number of hydrogen-bond donors (Lipinski definition) is 2. The number of guanidine groups is 1. The second kappa shape index (κ2) is 13.5. The summed E-state index contributed by atoms with van der Waals surface area (Å²) in [6.45, 7) is 4.94. The first-order chi connectivity index (χ1) is 13.6. The van der Waals surface area contributed by atoms with Crippen molar-refractivity contribution in [1.82, 2.24) is 15.5 Å². The van der Waals surface area contributed by atoms with Crippen molar-refractivity contribution in [1.29, 1.82) is 0 Å². The third-order valence-electron chi connectivity index (χ3n) is 4.57. The molecule has 158 valence electrons. The molecule has 2 N–H and O–H groups in total. The molecule has 2 rings (SSSR count). The van der Waals surface area contributed by atoms with E-state index in [2.05, 4.69) is 33.1 Å². The van der Waals surface area contributed by atoms with Crippen LogP contribution in [0, 0.1) is 5.92 Å². The van der Waals surface area contributed by atoms with Gasteiger partial charge in [-0.3, -0.25) is 4.79 Å². The van der Waals surface area contributed by atoms with Crippen molar-refractivity contribution in [3.05, 3.63) is 22.4 Å². The van der Waals surface area contributed by atoms with E-state index in [1.165, 1.54) is 4.88 Å². The van der Waals surface area contributed by atoms with Gasteiger partial charge in [0.1, 0.15) is 6.54 Å². The molecule has 1 aromatic heterocycles. The average Bonchev–Trinajstić information content (AvgIpc) is 3.22. The first kappa shape index (κ1) is 22.6. The highest BCUT2D eigenvalue weighted by molar-refractivity contribution is 7.09. The highest BCUT2D eigenvalue weighted by Crippen LogP contribution is 2.14. The molecule has 7 nitrogen and oxygen atoms in total. The predicted molar refractivity (Wildman–Crippen MR) is 114 cm³/mol. The highest BCUT2D eigenvalue weighted by Gasteiger charge is 2.13. The van der Waals surface area contributed by atoms with Crippen molar-refractivity contribution in [2.45, 2.75) is 25.7 Å². The molecule has 0 aromatic carbocycles. The van der Waals surface area contributed by atoms with Crippen LogP contribution in [0.5, 0.6) is 0 Å². The summed E-state index contributed by atoms with van der Waals surface area (Å²) in [6.07, 6.45) is 4.04. The second-order valence-electron chi connectivity index (χ2n) is 7.12. The van der Waals surface area contributed by atoms with Crippen molar-refractivity contribution in [2.75, 3.05) is 60.2 Å². The SMILES string of the molecule is CN(C)C(=O)CN=C(NCCCOCC1CCOCC1)NCCc1cccs1. The third kappa shape index (κ3) is 9.52. The quantitative estimate of drug-likeness (QED) is 0.330. The lowest BCUT2D eigenvalue weighted by molar-refractivity contribution is -0.127. The lowest BCUT2D eigenvalue weighted by atomic mass is 10.0. The fourth-order valence-electron chi connectivity index (χ4n) is 2.77. The van der Waals surface area contributed by atoms with Gasteiger partial charge in [0.15, 0.2) is 5.96 Å². The zero-order valence-electron chi connectivity index (χ0n) is 17.1. The van der Waals surface area contributed by atoms with Crippen molar-refractivity contribution in [2.24, 2.45) is 10.9 Å². The molecule has 1 fully saturated rings. The number of carbonyl (C=O) groups is 1. The minimum atomic E-state index is -0.0147. The second-order valence-corrected chi connectivity index (χ2v) is 8.15. The smallest absolute Gasteiger partial charge is 0.243 e. The van der Waals surface area contributed by atoms with Crippen LogP contribution in [0.1, 0.15) is 24.1 Å². The van der Waals surface area contributed by atoms with E-state index in [1.807, 2.05) is 0 Å². The molecule has 8 heteroatoms. The number of aliphatic imine (C=N–C) groups is 1. The Morgan fingerprint density at radius 3 is 2.82 bits per heavy atom. The summed E-state index contributed by atoms with van der Waals surface area (Å²) in [5.41, 5.74) is 0. The van der Waals surface area contributed by atoms with Gasteiger partial charge in [-0.05, 0) is 43.0 Å². The van der Waals surface area contributed by atoms with Gasteiger partial charge < -0.3 is 25.0 Å². The first-order valence-corrected chi connectivity index (χ1v) is 10.9. The minimum Gasteiger partial charge on any atom is -0.381 e. The van der Waals surface area contributed by atoms with Gasteiger partial charge in [0.2, 0.25) is 5.91 Å². The maximum absolute atomic E-state index is 11.8. The van der Waals surface area contributed by atoms with Gasteiger partial charge in [-0.1, -0.05) is 6.07 Å². The number of ether oxygens (including phenoxy) is 2. The van der Waals surface area contributed by atoms with E-state index in [1.54, 1.807) is 30.3 Å². The molecule has 0 unspecified atom stereocenters. The first-order valence-electron chi connectivity index (χ1n) is 10.1. The Morgan fingerprint density at radius 2 is 2.11 bits per heavy atom. The van der Waals surface area contributed by atoms with E-state index in [0.717, 1.165) is 65.2 Å². The van der Waals surface area contributed by atoms with E-state index in [0.29, 0.717) is 11.9 Å². The zero-order chi connectivity index (χ0) is 20.0. The summed E-state index contributed by atoms with van der Waals surface area (Å²) < 4.78 is 11.2. The zero-order valence-corrected chi connectivity index (χ0v) is 17.9. The molecule has 0 spiro atoms. The van der Waals surface area contributed by atoms with Crippen molar-refractivity contribution in [3.8, 4) is 0 Å². The topological polar surface area (TPSA) is 75.2 Å².